The molecule has 1 aromatic carbocycles. The van der Waals surface area contributed by atoms with Gasteiger partial charge in [0.05, 0.1) is 6.42 Å². The molecule has 1 aliphatic heterocycles. The van der Waals surface area contributed by atoms with Crippen molar-refractivity contribution in [3.63, 3.8) is 0 Å². The van der Waals surface area contributed by atoms with Crippen molar-refractivity contribution in [1.29, 1.82) is 0 Å². The number of hydrogen-bond acceptors (Lipinski definition) is 4. The molecule has 106 valence electrons. The summed E-state index contributed by atoms with van der Waals surface area (Å²) in [6.07, 6.45) is 6.48. The SMILES string of the molecule is C=C1C=CC(c2noc(Cc3cccc(C)c3)n2)=CN1C. The van der Waals surface area contributed by atoms with Crippen molar-refractivity contribution >= 4 is 5.57 Å². The van der Waals surface area contributed by atoms with Gasteiger partial charge in [0.25, 0.3) is 0 Å². The van der Waals surface area contributed by atoms with Gasteiger partial charge in [0, 0.05) is 24.5 Å². The van der Waals surface area contributed by atoms with Crippen molar-refractivity contribution in [2.75, 3.05) is 7.05 Å². The van der Waals surface area contributed by atoms with Crippen LogP contribution in [-0.4, -0.2) is 22.1 Å². The van der Waals surface area contributed by atoms with Crippen molar-refractivity contribution < 1.29 is 4.52 Å². The van der Waals surface area contributed by atoms with Gasteiger partial charge < -0.3 is 9.42 Å². The molecular formula is C17H17N3O. The fraction of sp³-hybridized carbons (Fsp3) is 0.176. The summed E-state index contributed by atoms with van der Waals surface area (Å²) in [5.41, 5.74) is 4.25. The number of nitrogens with zero attached hydrogens (tertiary/aromatic N) is 3. The van der Waals surface area contributed by atoms with Crippen molar-refractivity contribution in [2.24, 2.45) is 0 Å². The van der Waals surface area contributed by atoms with E-state index in [2.05, 4.69) is 41.8 Å². The van der Waals surface area contributed by atoms with Gasteiger partial charge in [-0.05, 0) is 24.6 Å². The van der Waals surface area contributed by atoms with Gasteiger partial charge in [-0.1, -0.05) is 41.6 Å². The summed E-state index contributed by atoms with van der Waals surface area (Å²) in [5.74, 6) is 1.23. The zero-order valence-corrected chi connectivity index (χ0v) is 12.2. The lowest BCUT2D eigenvalue weighted by Gasteiger charge is -2.18. The number of rotatable bonds is 3. The van der Waals surface area contributed by atoms with Crippen LogP contribution in [0.3, 0.4) is 0 Å². The third-order valence-electron chi connectivity index (χ3n) is 3.41. The highest BCUT2D eigenvalue weighted by atomic mass is 16.5. The molecule has 1 aliphatic rings. The smallest absolute Gasteiger partial charge is 0.231 e. The topological polar surface area (TPSA) is 42.2 Å². The van der Waals surface area contributed by atoms with E-state index in [1.807, 2.05) is 36.4 Å². The van der Waals surface area contributed by atoms with E-state index in [1.54, 1.807) is 0 Å². The molecule has 0 saturated heterocycles. The van der Waals surface area contributed by atoms with E-state index < -0.39 is 0 Å². The second kappa shape index (κ2) is 5.40. The number of allylic oxidation sites excluding steroid dienone is 3. The van der Waals surface area contributed by atoms with E-state index in [1.165, 1.54) is 11.1 Å². The number of likely N-dealkylation sites (N-methyl/N-ethyl adjacent to an activating group) is 1. The van der Waals surface area contributed by atoms with Crippen LogP contribution >= 0.6 is 0 Å². The van der Waals surface area contributed by atoms with Crippen LogP contribution in [0.15, 0.2) is 59.4 Å². The monoisotopic (exact) mass is 279 g/mol. The highest BCUT2D eigenvalue weighted by molar-refractivity contribution is 5.71. The first-order valence-electron chi connectivity index (χ1n) is 6.82. The summed E-state index contributed by atoms with van der Waals surface area (Å²) >= 11 is 0. The predicted molar refractivity (Wildman–Crippen MR) is 82.3 cm³/mol. The van der Waals surface area contributed by atoms with E-state index in [4.69, 9.17) is 4.52 Å². The van der Waals surface area contributed by atoms with E-state index in [9.17, 15) is 0 Å². The summed E-state index contributed by atoms with van der Waals surface area (Å²) in [7, 11) is 1.94. The summed E-state index contributed by atoms with van der Waals surface area (Å²) in [6.45, 7) is 6.00. The first-order valence-corrected chi connectivity index (χ1v) is 6.82. The first-order chi connectivity index (χ1) is 10.1. The van der Waals surface area contributed by atoms with Crippen molar-refractivity contribution in [3.8, 4) is 0 Å². The Bertz CT molecular complexity index is 740. The Morgan fingerprint density at radius 2 is 2.14 bits per heavy atom. The van der Waals surface area contributed by atoms with Gasteiger partial charge in [-0.3, -0.25) is 0 Å². The lowest BCUT2D eigenvalue weighted by molar-refractivity contribution is 0.383. The van der Waals surface area contributed by atoms with Crippen LogP contribution in [-0.2, 0) is 6.42 Å². The molecule has 1 aromatic heterocycles. The molecule has 4 nitrogen and oxygen atoms in total. The highest BCUT2D eigenvalue weighted by Gasteiger charge is 2.13. The van der Waals surface area contributed by atoms with E-state index >= 15 is 0 Å². The molecule has 4 heteroatoms. The minimum absolute atomic E-state index is 0.605. The Morgan fingerprint density at radius 1 is 1.29 bits per heavy atom. The zero-order chi connectivity index (χ0) is 14.8. The van der Waals surface area contributed by atoms with E-state index in [0.29, 0.717) is 18.1 Å². The zero-order valence-electron chi connectivity index (χ0n) is 12.2. The van der Waals surface area contributed by atoms with E-state index in [-0.39, 0.29) is 0 Å². The molecule has 2 heterocycles. The van der Waals surface area contributed by atoms with Gasteiger partial charge in [-0.2, -0.15) is 4.98 Å². The van der Waals surface area contributed by atoms with Gasteiger partial charge in [0.1, 0.15) is 0 Å². The summed E-state index contributed by atoms with van der Waals surface area (Å²) in [5, 5.41) is 4.06. The minimum atomic E-state index is 0.605. The van der Waals surface area contributed by atoms with E-state index in [0.717, 1.165) is 11.3 Å². The number of aromatic nitrogens is 2. The summed E-state index contributed by atoms with van der Waals surface area (Å²) in [6, 6.07) is 8.30. The van der Waals surface area contributed by atoms with Crippen LogP contribution in [0.5, 0.6) is 0 Å². The normalized spacial score (nSPS) is 14.5. The average Bonchev–Trinajstić information content (AvgIpc) is 2.90. The predicted octanol–water partition coefficient (Wildman–Crippen LogP) is 3.33. The Balaban J connectivity index is 1.79. The number of hydrogen-bond donors (Lipinski definition) is 0. The molecule has 0 unspecified atom stereocenters. The van der Waals surface area contributed by atoms with Crippen LogP contribution in [0.2, 0.25) is 0 Å². The van der Waals surface area contributed by atoms with Gasteiger partial charge in [-0.15, -0.1) is 0 Å². The van der Waals surface area contributed by atoms with Crippen LogP contribution in [0.1, 0.15) is 22.8 Å². The van der Waals surface area contributed by atoms with Gasteiger partial charge in [0.2, 0.25) is 11.7 Å². The van der Waals surface area contributed by atoms with Crippen molar-refractivity contribution in [3.05, 3.63) is 77.7 Å². The van der Waals surface area contributed by atoms with Crippen LogP contribution < -0.4 is 0 Å². The Morgan fingerprint density at radius 3 is 2.90 bits per heavy atom. The fourth-order valence-electron chi connectivity index (χ4n) is 2.21. The van der Waals surface area contributed by atoms with Gasteiger partial charge in [0.15, 0.2) is 0 Å². The molecule has 0 bridgehead atoms. The highest BCUT2D eigenvalue weighted by Crippen LogP contribution is 2.21. The molecule has 21 heavy (non-hydrogen) atoms. The molecule has 0 fully saturated rings. The maximum absolute atomic E-state index is 5.35. The van der Waals surface area contributed by atoms with Crippen LogP contribution in [0, 0.1) is 6.92 Å². The van der Waals surface area contributed by atoms with Crippen LogP contribution in [0.4, 0.5) is 0 Å². The lowest BCUT2D eigenvalue weighted by Crippen LogP contribution is -2.11. The third-order valence-corrected chi connectivity index (χ3v) is 3.41. The molecule has 3 rings (SSSR count). The third kappa shape index (κ3) is 2.94. The molecule has 0 spiro atoms. The average molecular weight is 279 g/mol. The number of benzene rings is 1. The minimum Gasteiger partial charge on any atom is -0.351 e. The second-order valence-electron chi connectivity index (χ2n) is 5.20. The molecule has 0 amide bonds. The lowest BCUT2D eigenvalue weighted by atomic mass is 10.1. The van der Waals surface area contributed by atoms with Crippen LogP contribution in [0.25, 0.3) is 5.57 Å². The summed E-state index contributed by atoms with van der Waals surface area (Å²) in [4.78, 5) is 6.40. The molecule has 0 radical (unpaired) electrons. The van der Waals surface area contributed by atoms with Gasteiger partial charge >= 0.3 is 0 Å². The maximum Gasteiger partial charge on any atom is 0.231 e. The number of aryl methyl sites for hydroxylation is 1. The molecule has 0 atom stereocenters. The maximum atomic E-state index is 5.35. The largest absolute Gasteiger partial charge is 0.351 e. The molecule has 2 aromatic rings. The molecular weight excluding hydrogens is 262 g/mol. The Labute approximate surface area is 124 Å². The Hall–Kier alpha value is -2.62. The molecule has 0 aliphatic carbocycles. The second-order valence-corrected chi connectivity index (χ2v) is 5.20. The summed E-state index contributed by atoms with van der Waals surface area (Å²) < 4.78 is 5.35. The first kappa shape index (κ1) is 13.4. The quantitative estimate of drug-likeness (QED) is 0.864. The fourth-order valence-corrected chi connectivity index (χ4v) is 2.21. The molecule has 0 N–H and O–H groups in total. The Kier molecular flexibility index (Phi) is 3.44. The standard InChI is InChI=1S/C17H17N3O/c1-12-5-4-6-14(9-12)10-16-18-17(19-21-16)15-8-7-13(2)20(3)11-15/h4-9,11H,2,10H2,1,3H3. The van der Waals surface area contributed by atoms with Crippen molar-refractivity contribution in [2.45, 2.75) is 13.3 Å². The molecule has 0 saturated carbocycles. The van der Waals surface area contributed by atoms with Crippen molar-refractivity contribution in [1.82, 2.24) is 15.0 Å². The van der Waals surface area contributed by atoms with Gasteiger partial charge in [-0.25, -0.2) is 0 Å².